The molecule has 0 spiro atoms. The lowest BCUT2D eigenvalue weighted by molar-refractivity contribution is -0.111. The maximum absolute atomic E-state index is 6.38. The van der Waals surface area contributed by atoms with Gasteiger partial charge >= 0.3 is 0 Å². The van der Waals surface area contributed by atoms with Gasteiger partial charge in [0, 0.05) is 39.1 Å². The fourth-order valence-electron chi connectivity index (χ4n) is 2.92. The Kier molecular flexibility index (Phi) is 5.88. The van der Waals surface area contributed by atoms with Crippen molar-refractivity contribution in [2.75, 3.05) is 44.5 Å². The first-order valence-corrected chi connectivity index (χ1v) is 8.80. The Labute approximate surface area is 158 Å². The van der Waals surface area contributed by atoms with Crippen molar-refractivity contribution in [2.24, 2.45) is 0 Å². The van der Waals surface area contributed by atoms with E-state index in [0.717, 1.165) is 18.9 Å². The van der Waals surface area contributed by atoms with Crippen molar-refractivity contribution in [2.45, 2.75) is 19.1 Å². The molecular formula is C19H26N5O3+. The standard InChI is InChI=1S/C19H25N5O3/c1-12(10-25-2)27-13-4-5-16(20)15(6-13)19(21)17-7-18(23-11-22-17)24-8-14(9-24)26-3/h4-7,11-12,14,21H,8-10,20H2,1-3H3/p+1/t12-/m0/s1. The highest BCUT2D eigenvalue weighted by Crippen LogP contribution is 2.24. The van der Waals surface area contributed by atoms with Gasteiger partial charge in [-0.05, 0) is 25.1 Å². The zero-order valence-electron chi connectivity index (χ0n) is 15.9. The Morgan fingerprint density at radius 3 is 2.78 bits per heavy atom. The monoisotopic (exact) mass is 372 g/mol. The van der Waals surface area contributed by atoms with Crippen LogP contribution in [0.1, 0.15) is 18.2 Å². The zero-order valence-corrected chi connectivity index (χ0v) is 15.9. The van der Waals surface area contributed by atoms with E-state index in [0.29, 0.717) is 35.0 Å². The summed E-state index contributed by atoms with van der Waals surface area (Å²) in [7, 11) is 3.35. The molecule has 1 aliphatic rings. The number of hydrogen-bond donors (Lipinski definition) is 2. The van der Waals surface area contributed by atoms with Gasteiger partial charge < -0.3 is 24.8 Å². The van der Waals surface area contributed by atoms with E-state index in [2.05, 4.69) is 14.9 Å². The number of anilines is 2. The van der Waals surface area contributed by atoms with Gasteiger partial charge in [-0.3, -0.25) is 5.41 Å². The van der Waals surface area contributed by atoms with Crippen molar-refractivity contribution in [3.63, 3.8) is 0 Å². The van der Waals surface area contributed by atoms with E-state index in [1.54, 1.807) is 20.3 Å². The fourth-order valence-corrected chi connectivity index (χ4v) is 2.92. The number of rotatable bonds is 8. The predicted molar refractivity (Wildman–Crippen MR) is 103 cm³/mol. The van der Waals surface area contributed by atoms with Gasteiger partial charge in [0.1, 0.15) is 29.7 Å². The summed E-state index contributed by atoms with van der Waals surface area (Å²) in [6.45, 7) is 4.03. The quantitative estimate of drug-likeness (QED) is 0.492. The Balaban J connectivity index is 1.79. The van der Waals surface area contributed by atoms with Gasteiger partial charge in [0.2, 0.25) is 5.71 Å². The molecular weight excluding hydrogens is 346 g/mol. The molecule has 0 radical (unpaired) electrons. The van der Waals surface area contributed by atoms with Crippen LogP contribution in [0.5, 0.6) is 5.75 Å². The normalized spacial score (nSPS) is 15.3. The first kappa shape index (κ1) is 19.1. The van der Waals surface area contributed by atoms with Crippen LogP contribution in [-0.4, -0.2) is 61.8 Å². The lowest BCUT2D eigenvalue weighted by atomic mass is 10.0. The number of benzene rings is 1. The minimum atomic E-state index is -0.0847. The van der Waals surface area contributed by atoms with Gasteiger partial charge in [-0.15, -0.1) is 0 Å². The Bertz CT molecular complexity index is 808. The van der Waals surface area contributed by atoms with E-state index in [1.165, 1.54) is 6.33 Å². The molecule has 27 heavy (non-hydrogen) atoms. The van der Waals surface area contributed by atoms with Crippen LogP contribution in [0.2, 0.25) is 0 Å². The van der Waals surface area contributed by atoms with Gasteiger partial charge in [0.15, 0.2) is 0 Å². The average Bonchev–Trinajstić information content (AvgIpc) is 2.62. The molecule has 0 aliphatic carbocycles. The van der Waals surface area contributed by atoms with Crippen LogP contribution >= 0.6 is 0 Å². The average molecular weight is 372 g/mol. The van der Waals surface area contributed by atoms with Crippen LogP contribution in [0, 0.1) is 0 Å². The summed E-state index contributed by atoms with van der Waals surface area (Å²) < 4.78 is 16.3. The topological polar surface area (TPSA) is 108 Å². The van der Waals surface area contributed by atoms with Crippen LogP contribution < -0.4 is 20.8 Å². The molecule has 1 aromatic heterocycles. The molecule has 144 valence electrons. The van der Waals surface area contributed by atoms with Gasteiger partial charge in [-0.2, -0.15) is 0 Å². The first-order chi connectivity index (χ1) is 13.0. The van der Waals surface area contributed by atoms with Gasteiger partial charge in [-0.1, -0.05) is 0 Å². The Hall–Kier alpha value is -2.71. The molecule has 0 saturated carbocycles. The molecule has 0 bridgehead atoms. The number of aromatic nitrogens is 2. The summed E-state index contributed by atoms with van der Waals surface area (Å²) in [6.07, 6.45) is 1.66. The third kappa shape index (κ3) is 4.35. The highest BCUT2D eigenvalue weighted by atomic mass is 16.5. The van der Waals surface area contributed by atoms with Gasteiger partial charge in [-0.25, -0.2) is 9.97 Å². The van der Waals surface area contributed by atoms with E-state index >= 15 is 0 Å². The maximum Gasteiger partial charge on any atom is 0.232 e. The SMILES string of the molecule is COC[C@H](C)Oc1ccc(N)c(C(=[NH2+])c2cc(N3CC(OC)C3)ncn2)c1. The summed E-state index contributed by atoms with van der Waals surface area (Å²) in [5.41, 5.74) is 8.47. The molecule has 0 unspecified atom stereocenters. The molecule has 0 amide bonds. The van der Waals surface area contributed by atoms with Crippen molar-refractivity contribution in [3.8, 4) is 5.75 Å². The first-order valence-electron chi connectivity index (χ1n) is 8.80. The van der Waals surface area contributed by atoms with Crippen molar-refractivity contribution in [3.05, 3.63) is 41.9 Å². The second-order valence-electron chi connectivity index (χ2n) is 6.57. The van der Waals surface area contributed by atoms with E-state index in [1.807, 2.05) is 25.1 Å². The molecule has 1 saturated heterocycles. The number of hydrogen-bond acceptors (Lipinski definition) is 7. The van der Waals surface area contributed by atoms with Crippen LogP contribution in [0.3, 0.4) is 0 Å². The molecule has 8 heteroatoms. The highest BCUT2D eigenvalue weighted by molar-refractivity contribution is 6.11. The van der Waals surface area contributed by atoms with E-state index in [9.17, 15) is 0 Å². The zero-order chi connectivity index (χ0) is 19.4. The molecule has 4 N–H and O–H groups in total. The second-order valence-corrected chi connectivity index (χ2v) is 6.57. The molecule has 1 fully saturated rings. The van der Waals surface area contributed by atoms with Crippen molar-refractivity contribution in [1.29, 1.82) is 0 Å². The minimum Gasteiger partial charge on any atom is -0.488 e. The largest absolute Gasteiger partial charge is 0.488 e. The Morgan fingerprint density at radius 1 is 1.30 bits per heavy atom. The van der Waals surface area contributed by atoms with Crippen molar-refractivity contribution in [1.82, 2.24) is 9.97 Å². The number of nitrogen functional groups attached to an aromatic ring is 1. The molecule has 3 rings (SSSR count). The molecule has 1 aromatic carbocycles. The van der Waals surface area contributed by atoms with Crippen LogP contribution in [-0.2, 0) is 9.47 Å². The summed E-state index contributed by atoms with van der Waals surface area (Å²) in [5, 5.41) is 6.38. The summed E-state index contributed by atoms with van der Waals surface area (Å²) in [6, 6.07) is 7.28. The molecule has 8 nitrogen and oxygen atoms in total. The lowest BCUT2D eigenvalue weighted by Gasteiger charge is -2.38. The number of methoxy groups -OCH3 is 2. The smallest absolute Gasteiger partial charge is 0.232 e. The van der Waals surface area contributed by atoms with E-state index < -0.39 is 0 Å². The van der Waals surface area contributed by atoms with Gasteiger partial charge in [0.05, 0.1) is 18.3 Å². The van der Waals surface area contributed by atoms with Crippen molar-refractivity contribution >= 4 is 17.2 Å². The highest BCUT2D eigenvalue weighted by Gasteiger charge is 2.28. The molecule has 1 aliphatic heterocycles. The molecule has 1 atom stereocenters. The summed E-state index contributed by atoms with van der Waals surface area (Å²) in [5.74, 6) is 1.49. The van der Waals surface area contributed by atoms with Crippen LogP contribution in [0.25, 0.3) is 0 Å². The summed E-state index contributed by atoms with van der Waals surface area (Å²) >= 11 is 0. The second kappa shape index (κ2) is 8.32. The number of ether oxygens (including phenoxy) is 3. The minimum absolute atomic E-state index is 0.0847. The lowest BCUT2D eigenvalue weighted by Crippen LogP contribution is -2.52. The molecule has 2 heterocycles. The third-order valence-corrected chi connectivity index (χ3v) is 4.49. The summed E-state index contributed by atoms with van der Waals surface area (Å²) in [4.78, 5) is 10.7. The van der Waals surface area contributed by atoms with Crippen LogP contribution in [0.4, 0.5) is 11.5 Å². The molecule has 2 aromatic rings. The Morgan fingerprint density at radius 2 is 2.07 bits per heavy atom. The van der Waals surface area contributed by atoms with Gasteiger partial charge in [0.25, 0.3) is 0 Å². The fraction of sp³-hybridized carbons (Fsp3) is 0.421. The third-order valence-electron chi connectivity index (χ3n) is 4.49. The van der Waals surface area contributed by atoms with E-state index in [4.69, 9.17) is 25.4 Å². The number of nitrogens with zero attached hydrogens (tertiary/aromatic N) is 3. The van der Waals surface area contributed by atoms with Crippen LogP contribution in [0.15, 0.2) is 30.6 Å². The number of nitrogens with two attached hydrogens (primary N) is 2. The van der Waals surface area contributed by atoms with E-state index in [-0.39, 0.29) is 12.2 Å². The maximum atomic E-state index is 6.38. The van der Waals surface area contributed by atoms with Crippen molar-refractivity contribution < 1.29 is 19.6 Å². The predicted octanol–water partition coefficient (Wildman–Crippen LogP) is -0.0960.